The molecule has 0 amide bonds. The molecule has 3 aliphatic rings. The quantitative estimate of drug-likeness (QED) is 0.0541. The first kappa shape index (κ1) is 38.1. The molecule has 12 N–H and O–H groups in total. The Labute approximate surface area is 288 Å². The van der Waals surface area contributed by atoms with Crippen LogP contribution >= 0.6 is 0 Å². The minimum atomic E-state index is -3.80. The predicted molar refractivity (Wildman–Crippen MR) is 169 cm³/mol. The first-order valence-corrected chi connectivity index (χ1v) is 15.7. The molecule has 1 aliphatic carbocycles. The Balaban J connectivity index is 1.81. The third-order valence-corrected chi connectivity index (χ3v) is 9.64. The molecule has 5 rings (SSSR count). The summed E-state index contributed by atoms with van der Waals surface area (Å²) in [5.41, 5.74) is -7.93. The second kappa shape index (κ2) is 14.5. The van der Waals surface area contributed by atoms with E-state index in [0.29, 0.717) is 5.56 Å². The molecule has 0 spiro atoms. The average Bonchev–Trinajstić information content (AvgIpc) is 3.11. The van der Waals surface area contributed by atoms with E-state index in [2.05, 4.69) is 0 Å². The zero-order valence-electron chi connectivity index (χ0n) is 26.6. The van der Waals surface area contributed by atoms with Crippen molar-refractivity contribution in [2.75, 3.05) is 13.2 Å². The minimum absolute atomic E-state index is 0.00423. The Morgan fingerprint density at radius 3 is 1.65 bits per heavy atom. The summed E-state index contributed by atoms with van der Waals surface area (Å²) >= 11 is 0. The van der Waals surface area contributed by atoms with Crippen molar-refractivity contribution in [1.82, 2.24) is 0 Å². The lowest BCUT2D eigenvalue weighted by Gasteiger charge is -2.54. The maximum Gasteiger partial charge on any atom is 0.216 e. The van der Waals surface area contributed by atoms with Crippen molar-refractivity contribution in [2.45, 2.75) is 73.1 Å². The van der Waals surface area contributed by atoms with E-state index in [1.54, 1.807) is 0 Å². The maximum absolute atomic E-state index is 15.0. The monoisotopic (exact) mass is 718 g/mol. The fourth-order valence-electron chi connectivity index (χ4n) is 6.81. The third kappa shape index (κ3) is 6.36. The van der Waals surface area contributed by atoms with Gasteiger partial charge in [0.15, 0.2) is 11.6 Å². The maximum atomic E-state index is 15.0. The van der Waals surface area contributed by atoms with Gasteiger partial charge in [-0.2, -0.15) is 0 Å². The van der Waals surface area contributed by atoms with Crippen molar-refractivity contribution >= 4 is 23.4 Å². The van der Waals surface area contributed by atoms with Crippen LogP contribution in [0.15, 0.2) is 65.9 Å². The molecular weight excluding hydrogens is 680 g/mol. The summed E-state index contributed by atoms with van der Waals surface area (Å²) in [5, 5.41) is 128. The van der Waals surface area contributed by atoms with E-state index in [-0.39, 0.29) is 17.1 Å². The Kier molecular flexibility index (Phi) is 10.8. The highest BCUT2D eigenvalue weighted by molar-refractivity contribution is 6.41. The van der Waals surface area contributed by atoms with Gasteiger partial charge in [-0.1, -0.05) is 30.3 Å². The number of phenolic OH excluding ortho intramolecular Hbond substituents is 2. The molecule has 2 heterocycles. The highest BCUT2D eigenvalue weighted by Crippen LogP contribution is 2.49. The first-order chi connectivity index (χ1) is 24.0. The Morgan fingerprint density at radius 2 is 1.14 bits per heavy atom. The predicted octanol–water partition coefficient (Wildman–Crippen LogP) is -3.71. The smallest absolute Gasteiger partial charge is 0.216 e. The van der Waals surface area contributed by atoms with Crippen LogP contribution in [0.1, 0.15) is 11.1 Å². The second-order valence-electron chi connectivity index (χ2n) is 12.8. The van der Waals surface area contributed by atoms with Crippen molar-refractivity contribution in [2.24, 2.45) is 5.41 Å². The summed E-state index contributed by atoms with van der Waals surface area (Å²) in [6.07, 6.45) is -20.8. The number of rotatable bonds is 8. The molecule has 1 saturated carbocycles. The first-order valence-electron chi connectivity index (χ1n) is 15.7. The molecule has 2 aromatic carbocycles. The summed E-state index contributed by atoms with van der Waals surface area (Å²) in [6, 6.07) is 10.0. The van der Waals surface area contributed by atoms with Gasteiger partial charge in [0, 0.05) is 0 Å². The summed E-state index contributed by atoms with van der Waals surface area (Å²) in [4.78, 5) is 44.2. The number of carbonyl (C=O) groups excluding carboxylic acids is 3. The summed E-state index contributed by atoms with van der Waals surface area (Å²) in [5.74, 6) is -6.90. The summed E-state index contributed by atoms with van der Waals surface area (Å²) in [7, 11) is 0. The van der Waals surface area contributed by atoms with Crippen molar-refractivity contribution in [3.63, 3.8) is 0 Å². The molecule has 0 unspecified atom stereocenters. The molecule has 0 radical (unpaired) electrons. The normalized spacial score (nSPS) is 38.6. The number of ether oxygens (including phenoxy) is 2. The number of aliphatic hydroxyl groups excluding tert-OH is 9. The van der Waals surface area contributed by atoms with E-state index in [1.807, 2.05) is 0 Å². The summed E-state index contributed by atoms with van der Waals surface area (Å²) in [6.45, 7) is -2.12. The van der Waals surface area contributed by atoms with Crippen LogP contribution < -0.4 is 0 Å². The number of aromatic hydroxyl groups is 2. The molecule has 3 fully saturated rings. The van der Waals surface area contributed by atoms with Crippen molar-refractivity contribution in [3.05, 3.63) is 77.1 Å². The molecular formula is C34H38O17. The van der Waals surface area contributed by atoms with Crippen LogP contribution in [0.5, 0.6) is 11.5 Å². The highest BCUT2D eigenvalue weighted by atomic mass is 16.6. The Morgan fingerprint density at radius 1 is 0.667 bits per heavy atom. The molecule has 0 bridgehead atoms. The Hall–Kier alpha value is -4.11. The van der Waals surface area contributed by atoms with Crippen LogP contribution in [-0.4, -0.2) is 158 Å². The molecule has 12 atom stereocenters. The van der Waals surface area contributed by atoms with Gasteiger partial charge in [0.2, 0.25) is 11.4 Å². The van der Waals surface area contributed by atoms with Gasteiger partial charge in [-0.15, -0.1) is 0 Å². The van der Waals surface area contributed by atoms with E-state index in [1.165, 1.54) is 42.5 Å². The van der Waals surface area contributed by atoms with E-state index in [4.69, 9.17) is 9.47 Å². The zero-order chi connectivity index (χ0) is 37.6. The van der Waals surface area contributed by atoms with Crippen LogP contribution in [0.2, 0.25) is 0 Å². The lowest BCUT2D eigenvalue weighted by molar-refractivity contribution is -0.272. The number of phenols is 2. The highest BCUT2D eigenvalue weighted by Gasteiger charge is 2.74. The molecule has 0 aromatic heterocycles. The SMILES string of the molecule is O=C1C(=C(O)C=Cc2ccc(O)cc2)C(=O)[C@@](Cc2ccc(O)cc2)([C@@H]2O[C@H](CO)[C@@H](O)[C@H](O)[C@H]2O)C(=O)[C@@]1(O)[C@@H]1O[C@H](CO)[C@@H](O)[C@H](O)[C@H]1O. The molecule has 276 valence electrons. The minimum Gasteiger partial charge on any atom is -0.508 e. The van der Waals surface area contributed by atoms with Gasteiger partial charge < -0.3 is 70.8 Å². The van der Waals surface area contributed by atoms with E-state index < -0.39 is 120 Å². The molecule has 2 aliphatic heterocycles. The van der Waals surface area contributed by atoms with Crippen LogP contribution in [0.4, 0.5) is 0 Å². The number of Topliss-reactive ketones (excluding diaryl/α,β-unsaturated/α-hetero) is 3. The average molecular weight is 719 g/mol. The largest absolute Gasteiger partial charge is 0.508 e. The molecule has 17 heteroatoms. The topological polar surface area (TPSA) is 312 Å². The van der Waals surface area contributed by atoms with Crippen molar-refractivity contribution < 1.29 is 85.1 Å². The number of allylic oxidation sites excluding steroid dienone is 1. The molecule has 51 heavy (non-hydrogen) atoms. The fourth-order valence-corrected chi connectivity index (χ4v) is 6.81. The van der Waals surface area contributed by atoms with Crippen LogP contribution in [0, 0.1) is 5.41 Å². The number of carbonyl (C=O) groups is 3. The lowest BCUT2D eigenvalue weighted by Crippen LogP contribution is -2.78. The van der Waals surface area contributed by atoms with Crippen LogP contribution in [0.3, 0.4) is 0 Å². The molecule has 2 aromatic rings. The van der Waals surface area contributed by atoms with Gasteiger partial charge in [-0.05, 0) is 47.9 Å². The Bertz CT molecular complexity index is 1690. The lowest BCUT2D eigenvalue weighted by atomic mass is 9.54. The van der Waals surface area contributed by atoms with Crippen molar-refractivity contribution in [3.8, 4) is 11.5 Å². The van der Waals surface area contributed by atoms with Crippen molar-refractivity contribution in [1.29, 1.82) is 0 Å². The van der Waals surface area contributed by atoms with E-state index >= 15 is 4.79 Å². The van der Waals surface area contributed by atoms with Gasteiger partial charge >= 0.3 is 0 Å². The van der Waals surface area contributed by atoms with E-state index in [0.717, 1.165) is 18.2 Å². The molecule has 17 nitrogen and oxygen atoms in total. The molecule has 2 saturated heterocycles. The van der Waals surface area contributed by atoms with Gasteiger partial charge in [-0.25, -0.2) is 0 Å². The second-order valence-corrected chi connectivity index (χ2v) is 12.8. The number of hydrogen-bond acceptors (Lipinski definition) is 17. The zero-order valence-corrected chi connectivity index (χ0v) is 26.6. The van der Waals surface area contributed by atoms with Crippen LogP contribution in [-0.2, 0) is 30.3 Å². The number of ketones is 3. The van der Waals surface area contributed by atoms with Crippen LogP contribution in [0.25, 0.3) is 6.08 Å². The van der Waals surface area contributed by atoms with Gasteiger partial charge in [0.05, 0.1) is 13.2 Å². The van der Waals surface area contributed by atoms with Gasteiger partial charge in [-0.3, -0.25) is 14.4 Å². The summed E-state index contributed by atoms with van der Waals surface area (Å²) < 4.78 is 11.1. The number of hydrogen-bond donors (Lipinski definition) is 12. The standard InChI is InChI=1S/C34H38O17/c35-12-19-22(40)24(42)26(44)30(50-19)33(11-15-3-8-17(38)9-4-15)28(46)21(18(39)10-5-14-1-6-16(37)7-2-14)29(47)34(49,32(33)48)31-27(45)25(43)23(41)20(13-36)51-31/h1-10,19-20,22-27,30-31,35-45,49H,11-13H2/t19-,20-,22-,23-,24+,25+,26-,27-,30-,31-,33+,34+/m1/s1. The van der Waals surface area contributed by atoms with E-state index in [9.17, 15) is 70.9 Å². The fraction of sp³-hybridized carbons (Fsp3) is 0.441. The number of aliphatic hydroxyl groups is 10. The van der Waals surface area contributed by atoms with Gasteiger partial charge in [0.1, 0.15) is 89.3 Å². The van der Waals surface area contributed by atoms with Gasteiger partial charge in [0.25, 0.3) is 0 Å². The third-order valence-electron chi connectivity index (χ3n) is 9.64. The number of benzene rings is 2.